The molecule has 0 aliphatic carbocycles. The number of anilines is 1. The van der Waals surface area contributed by atoms with Gasteiger partial charge in [0.15, 0.2) is 0 Å². The van der Waals surface area contributed by atoms with E-state index in [0.29, 0.717) is 11.3 Å². The molecule has 0 saturated carbocycles. The second-order valence-electron chi connectivity index (χ2n) is 5.17. The number of nitro groups is 1. The van der Waals surface area contributed by atoms with E-state index in [1.54, 1.807) is 32.9 Å². The van der Waals surface area contributed by atoms with Gasteiger partial charge in [0.2, 0.25) is 11.8 Å². The van der Waals surface area contributed by atoms with Crippen molar-refractivity contribution in [3.63, 3.8) is 0 Å². The number of hydrogen-bond acceptors (Lipinski definition) is 4. The van der Waals surface area contributed by atoms with Crippen LogP contribution in [0.5, 0.6) is 0 Å². The molecule has 7 heteroatoms. The van der Waals surface area contributed by atoms with Gasteiger partial charge in [-0.25, -0.2) is 0 Å². The first-order valence-corrected chi connectivity index (χ1v) is 6.55. The van der Waals surface area contributed by atoms with E-state index < -0.39 is 16.9 Å². The number of rotatable bonds is 5. The van der Waals surface area contributed by atoms with Crippen molar-refractivity contribution in [1.29, 1.82) is 0 Å². The largest absolute Gasteiger partial charge is 0.344 e. The van der Waals surface area contributed by atoms with Crippen LogP contribution >= 0.6 is 0 Å². The first kappa shape index (κ1) is 16.6. The molecule has 0 fully saturated rings. The molecule has 0 radical (unpaired) electrons. The fourth-order valence-electron chi connectivity index (χ4n) is 1.86. The number of aryl methyl sites for hydroxylation is 1. The summed E-state index contributed by atoms with van der Waals surface area (Å²) in [5.41, 5.74) is 0.780. The van der Waals surface area contributed by atoms with Crippen molar-refractivity contribution >= 4 is 23.2 Å². The normalized spacial score (nSPS) is 11.9. The van der Waals surface area contributed by atoms with Gasteiger partial charge in [-0.1, -0.05) is 19.9 Å². The number of nitro benzene ring substituents is 1. The Kier molecular flexibility index (Phi) is 5.40. The highest BCUT2D eigenvalue weighted by Gasteiger charge is 2.23. The zero-order valence-corrected chi connectivity index (χ0v) is 12.5. The molecule has 2 amide bonds. The van der Waals surface area contributed by atoms with Crippen LogP contribution in [0.15, 0.2) is 18.2 Å². The van der Waals surface area contributed by atoms with Crippen LogP contribution in [0, 0.1) is 23.0 Å². The predicted molar refractivity (Wildman–Crippen MR) is 78.9 cm³/mol. The van der Waals surface area contributed by atoms with Crippen LogP contribution in [0.25, 0.3) is 0 Å². The third kappa shape index (κ3) is 4.55. The Morgan fingerprint density at radius 2 is 1.90 bits per heavy atom. The average molecular weight is 293 g/mol. The molecule has 0 unspecified atom stereocenters. The Morgan fingerprint density at radius 1 is 1.29 bits per heavy atom. The summed E-state index contributed by atoms with van der Waals surface area (Å²) in [7, 11) is 0. The number of carbonyl (C=O) groups is 2. The summed E-state index contributed by atoms with van der Waals surface area (Å²) in [4.78, 5) is 33.7. The van der Waals surface area contributed by atoms with Gasteiger partial charge in [0.1, 0.15) is 6.04 Å². The molecule has 21 heavy (non-hydrogen) atoms. The van der Waals surface area contributed by atoms with E-state index in [1.807, 2.05) is 0 Å². The van der Waals surface area contributed by atoms with Crippen LogP contribution in [-0.4, -0.2) is 22.8 Å². The Labute approximate surface area is 122 Å². The van der Waals surface area contributed by atoms with Crippen LogP contribution in [0.3, 0.4) is 0 Å². The van der Waals surface area contributed by atoms with Gasteiger partial charge in [0.05, 0.1) is 4.92 Å². The Bertz CT molecular complexity index is 569. The summed E-state index contributed by atoms with van der Waals surface area (Å²) < 4.78 is 0. The van der Waals surface area contributed by atoms with Gasteiger partial charge in [0, 0.05) is 24.2 Å². The first-order chi connectivity index (χ1) is 9.72. The molecule has 1 atom stereocenters. The van der Waals surface area contributed by atoms with E-state index in [0.717, 1.165) is 0 Å². The quantitative estimate of drug-likeness (QED) is 0.640. The second-order valence-corrected chi connectivity index (χ2v) is 5.17. The molecular weight excluding hydrogens is 274 g/mol. The lowest BCUT2D eigenvalue weighted by Gasteiger charge is -2.20. The standard InChI is InChI=1S/C14H19N3O4/c1-8(2)13(15-10(4)18)14(19)16-11-6-5-9(3)12(7-11)17(20)21/h5-8,13H,1-4H3,(H,15,18)(H,16,19)/t13-/m0/s1. The van der Waals surface area contributed by atoms with E-state index in [-0.39, 0.29) is 17.5 Å². The van der Waals surface area contributed by atoms with Crippen molar-refractivity contribution in [2.24, 2.45) is 5.92 Å². The molecule has 0 spiro atoms. The number of carbonyl (C=O) groups excluding carboxylic acids is 2. The maximum Gasteiger partial charge on any atom is 0.274 e. The summed E-state index contributed by atoms with van der Waals surface area (Å²) in [6.45, 7) is 6.56. The molecule has 0 aromatic heterocycles. The summed E-state index contributed by atoms with van der Waals surface area (Å²) in [6, 6.07) is 3.77. The number of benzene rings is 1. The number of amides is 2. The Hall–Kier alpha value is -2.44. The SMILES string of the molecule is CC(=O)N[C@H](C(=O)Nc1ccc(C)c([N+](=O)[O-])c1)C(C)C. The van der Waals surface area contributed by atoms with Gasteiger partial charge < -0.3 is 10.6 Å². The molecule has 7 nitrogen and oxygen atoms in total. The lowest BCUT2D eigenvalue weighted by Crippen LogP contribution is -2.46. The van der Waals surface area contributed by atoms with Crippen LogP contribution in [0.1, 0.15) is 26.3 Å². The van der Waals surface area contributed by atoms with Gasteiger partial charge in [-0.05, 0) is 18.9 Å². The van der Waals surface area contributed by atoms with Crippen LogP contribution in [-0.2, 0) is 9.59 Å². The molecule has 0 heterocycles. The van der Waals surface area contributed by atoms with Gasteiger partial charge in [-0.2, -0.15) is 0 Å². The average Bonchev–Trinajstić information content (AvgIpc) is 2.37. The van der Waals surface area contributed by atoms with Crippen LogP contribution in [0.2, 0.25) is 0 Å². The van der Waals surface area contributed by atoms with E-state index >= 15 is 0 Å². The molecule has 114 valence electrons. The molecule has 1 rings (SSSR count). The van der Waals surface area contributed by atoms with Gasteiger partial charge in [-0.15, -0.1) is 0 Å². The maximum atomic E-state index is 12.2. The minimum atomic E-state index is -0.692. The fourth-order valence-corrected chi connectivity index (χ4v) is 1.86. The fraction of sp³-hybridized carbons (Fsp3) is 0.429. The van der Waals surface area contributed by atoms with Crippen LogP contribution in [0.4, 0.5) is 11.4 Å². The number of nitrogens with zero attached hydrogens (tertiary/aromatic N) is 1. The molecule has 1 aromatic rings. The van der Waals surface area contributed by atoms with Crippen molar-refractivity contribution in [1.82, 2.24) is 5.32 Å². The van der Waals surface area contributed by atoms with E-state index in [2.05, 4.69) is 10.6 Å². The van der Waals surface area contributed by atoms with Crippen molar-refractivity contribution < 1.29 is 14.5 Å². The summed E-state index contributed by atoms with van der Waals surface area (Å²) in [5, 5.41) is 16.0. The third-order valence-electron chi connectivity index (χ3n) is 2.98. The lowest BCUT2D eigenvalue weighted by molar-refractivity contribution is -0.385. The topological polar surface area (TPSA) is 101 Å². The van der Waals surface area contributed by atoms with E-state index in [4.69, 9.17) is 0 Å². The number of nitrogens with one attached hydrogen (secondary N) is 2. The van der Waals surface area contributed by atoms with Gasteiger partial charge in [0.25, 0.3) is 5.69 Å². The molecule has 0 aliphatic rings. The Morgan fingerprint density at radius 3 is 2.38 bits per heavy atom. The van der Waals surface area contributed by atoms with E-state index in [1.165, 1.54) is 13.0 Å². The van der Waals surface area contributed by atoms with Crippen molar-refractivity contribution in [2.45, 2.75) is 33.7 Å². The lowest BCUT2D eigenvalue weighted by atomic mass is 10.0. The van der Waals surface area contributed by atoms with Crippen LogP contribution < -0.4 is 10.6 Å². The highest BCUT2D eigenvalue weighted by molar-refractivity contribution is 5.97. The monoisotopic (exact) mass is 293 g/mol. The first-order valence-electron chi connectivity index (χ1n) is 6.55. The molecule has 0 saturated heterocycles. The molecule has 0 aliphatic heterocycles. The zero-order chi connectivity index (χ0) is 16.2. The van der Waals surface area contributed by atoms with Crippen molar-refractivity contribution in [3.8, 4) is 0 Å². The van der Waals surface area contributed by atoms with Crippen molar-refractivity contribution in [3.05, 3.63) is 33.9 Å². The number of hydrogen-bond donors (Lipinski definition) is 2. The predicted octanol–water partition coefficient (Wildman–Crippen LogP) is 2.00. The molecule has 0 bridgehead atoms. The van der Waals surface area contributed by atoms with Gasteiger partial charge >= 0.3 is 0 Å². The second kappa shape index (κ2) is 6.83. The molecular formula is C14H19N3O4. The molecule has 1 aromatic carbocycles. The van der Waals surface area contributed by atoms with Gasteiger partial charge in [-0.3, -0.25) is 19.7 Å². The summed E-state index contributed by atoms with van der Waals surface area (Å²) in [5.74, 6) is -0.813. The minimum Gasteiger partial charge on any atom is -0.344 e. The van der Waals surface area contributed by atoms with Crippen molar-refractivity contribution in [2.75, 3.05) is 5.32 Å². The Balaban J connectivity index is 2.93. The smallest absolute Gasteiger partial charge is 0.274 e. The highest BCUT2D eigenvalue weighted by Crippen LogP contribution is 2.22. The summed E-state index contributed by atoms with van der Waals surface area (Å²) in [6.07, 6.45) is 0. The third-order valence-corrected chi connectivity index (χ3v) is 2.98. The minimum absolute atomic E-state index is 0.0616. The summed E-state index contributed by atoms with van der Waals surface area (Å²) >= 11 is 0. The zero-order valence-electron chi connectivity index (χ0n) is 12.5. The van der Waals surface area contributed by atoms with E-state index in [9.17, 15) is 19.7 Å². The highest BCUT2D eigenvalue weighted by atomic mass is 16.6. The molecule has 2 N–H and O–H groups in total. The maximum absolute atomic E-state index is 12.2.